The smallest absolute Gasteiger partial charge is 0.123 e. The predicted octanol–water partition coefficient (Wildman–Crippen LogP) is 0.704. The van der Waals surface area contributed by atoms with Gasteiger partial charge in [0, 0.05) is 19.5 Å². The summed E-state index contributed by atoms with van der Waals surface area (Å²) < 4.78 is 1.89. The standard InChI is InChI=1S/C8H16N4.ClH/c1-6(9)3-4-8-11-5-7(10)12(8)2;/h5-6H,3-4,9-10H2,1-2H3;1H. The van der Waals surface area contributed by atoms with Gasteiger partial charge in [0.05, 0.1) is 6.20 Å². The molecule has 0 spiro atoms. The first kappa shape index (κ1) is 12.3. The molecule has 1 aromatic rings. The van der Waals surface area contributed by atoms with Crippen LogP contribution in [0.25, 0.3) is 0 Å². The van der Waals surface area contributed by atoms with Crippen LogP contribution in [0.4, 0.5) is 5.82 Å². The molecule has 5 heteroatoms. The molecule has 0 amide bonds. The minimum Gasteiger partial charge on any atom is -0.384 e. The van der Waals surface area contributed by atoms with E-state index in [1.807, 2.05) is 18.5 Å². The molecule has 1 atom stereocenters. The highest BCUT2D eigenvalue weighted by Gasteiger charge is 2.03. The fraction of sp³-hybridized carbons (Fsp3) is 0.625. The van der Waals surface area contributed by atoms with E-state index in [-0.39, 0.29) is 18.4 Å². The highest BCUT2D eigenvalue weighted by atomic mass is 35.5. The van der Waals surface area contributed by atoms with E-state index >= 15 is 0 Å². The third-order valence-electron chi connectivity index (χ3n) is 1.94. The Morgan fingerprint density at radius 1 is 1.62 bits per heavy atom. The maximum absolute atomic E-state index is 5.63. The summed E-state index contributed by atoms with van der Waals surface area (Å²) in [4.78, 5) is 4.17. The molecule has 0 aliphatic heterocycles. The minimum atomic E-state index is 0. The molecule has 1 rings (SSSR count). The Morgan fingerprint density at radius 3 is 2.62 bits per heavy atom. The molecule has 1 unspecified atom stereocenters. The van der Waals surface area contributed by atoms with Crippen LogP contribution >= 0.6 is 12.4 Å². The molecule has 13 heavy (non-hydrogen) atoms. The molecule has 1 aromatic heterocycles. The molecule has 0 aromatic carbocycles. The van der Waals surface area contributed by atoms with E-state index in [4.69, 9.17) is 11.5 Å². The Morgan fingerprint density at radius 2 is 2.23 bits per heavy atom. The molecule has 0 saturated heterocycles. The average molecular weight is 205 g/mol. The first-order valence-electron chi connectivity index (χ1n) is 4.13. The number of nitrogens with two attached hydrogens (primary N) is 2. The molecule has 4 nitrogen and oxygen atoms in total. The number of hydrogen-bond donors (Lipinski definition) is 2. The highest BCUT2D eigenvalue weighted by Crippen LogP contribution is 2.06. The normalized spacial score (nSPS) is 12.2. The van der Waals surface area contributed by atoms with Crippen LogP contribution in [0.2, 0.25) is 0 Å². The van der Waals surface area contributed by atoms with Crippen molar-refractivity contribution in [2.45, 2.75) is 25.8 Å². The summed E-state index contributed by atoms with van der Waals surface area (Å²) in [7, 11) is 1.92. The van der Waals surface area contributed by atoms with Gasteiger partial charge in [-0.05, 0) is 13.3 Å². The average Bonchev–Trinajstić information content (AvgIpc) is 2.30. The zero-order chi connectivity index (χ0) is 9.14. The number of nitrogen functional groups attached to an aromatic ring is 1. The quantitative estimate of drug-likeness (QED) is 0.762. The molecular weight excluding hydrogens is 188 g/mol. The van der Waals surface area contributed by atoms with Crippen molar-refractivity contribution in [1.82, 2.24) is 9.55 Å². The highest BCUT2D eigenvalue weighted by molar-refractivity contribution is 5.85. The number of aromatic nitrogens is 2. The topological polar surface area (TPSA) is 69.9 Å². The van der Waals surface area contributed by atoms with Gasteiger partial charge in [0.25, 0.3) is 0 Å². The van der Waals surface area contributed by atoms with Crippen molar-refractivity contribution in [2.75, 3.05) is 5.73 Å². The fourth-order valence-corrected chi connectivity index (χ4v) is 1.05. The molecule has 0 saturated carbocycles. The van der Waals surface area contributed by atoms with E-state index in [1.54, 1.807) is 6.20 Å². The zero-order valence-corrected chi connectivity index (χ0v) is 8.84. The molecule has 0 aliphatic rings. The van der Waals surface area contributed by atoms with Gasteiger partial charge in [-0.1, -0.05) is 0 Å². The molecule has 76 valence electrons. The Labute approximate surface area is 84.7 Å². The van der Waals surface area contributed by atoms with Crippen molar-refractivity contribution in [1.29, 1.82) is 0 Å². The van der Waals surface area contributed by atoms with Crippen LogP contribution in [0.5, 0.6) is 0 Å². The number of anilines is 1. The van der Waals surface area contributed by atoms with Gasteiger partial charge in [-0.15, -0.1) is 12.4 Å². The number of nitrogens with zero attached hydrogens (tertiary/aromatic N) is 2. The number of hydrogen-bond acceptors (Lipinski definition) is 3. The third-order valence-corrected chi connectivity index (χ3v) is 1.94. The summed E-state index contributed by atoms with van der Waals surface area (Å²) in [5.74, 6) is 1.71. The van der Waals surface area contributed by atoms with E-state index in [0.717, 1.165) is 18.7 Å². The number of aryl methyl sites for hydroxylation is 1. The van der Waals surface area contributed by atoms with Crippen LogP contribution in [-0.4, -0.2) is 15.6 Å². The van der Waals surface area contributed by atoms with E-state index in [2.05, 4.69) is 4.98 Å². The van der Waals surface area contributed by atoms with Crippen LogP contribution in [0, 0.1) is 0 Å². The van der Waals surface area contributed by atoms with Gasteiger partial charge in [-0.25, -0.2) is 4.98 Å². The van der Waals surface area contributed by atoms with Gasteiger partial charge < -0.3 is 16.0 Å². The Kier molecular flexibility index (Phi) is 4.80. The van der Waals surface area contributed by atoms with Crippen LogP contribution in [0.3, 0.4) is 0 Å². The van der Waals surface area contributed by atoms with Gasteiger partial charge in [0.15, 0.2) is 0 Å². The lowest BCUT2D eigenvalue weighted by molar-refractivity contribution is 0.634. The van der Waals surface area contributed by atoms with E-state index in [9.17, 15) is 0 Å². The Bertz CT molecular complexity index is 257. The summed E-state index contributed by atoms with van der Waals surface area (Å²) in [5, 5.41) is 0. The van der Waals surface area contributed by atoms with Gasteiger partial charge >= 0.3 is 0 Å². The third kappa shape index (κ3) is 3.24. The molecular formula is C8H17ClN4. The molecule has 0 radical (unpaired) electrons. The van der Waals surface area contributed by atoms with Crippen molar-refractivity contribution in [3.63, 3.8) is 0 Å². The summed E-state index contributed by atoms with van der Waals surface area (Å²) in [5.41, 5.74) is 11.2. The minimum absolute atomic E-state index is 0. The lowest BCUT2D eigenvalue weighted by Gasteiger charge is -2.05. The number of halogens is 1. The number of imidazole rings is 1. The molecule has 4 N–H and O–H groups in total. The Balaban J connectivity index is 0.00000144. The van der Waals surface area contributed by atoms with Crippen LogP contribution < -0.4 is 11.5 Å². The van der Waals surface area contributed by atoms with Crippen LogP contribution in [0.1, 0.15) is 19.2 Å². The SMILES string of the molecule is CC(N)CCc1ncc(N)n1C.Cl. The van der Waals surface area contributed by atoms with E-state index in [1.165, 1.54) is 0 Å². The molecule has 0 aliphatic carbocycles. The second-order valence-corrected chi connectivity index (χ2v) is 3.17. The summed E-state index contributed by atoms with van der Waals surface area (Å²) in [6.07, 6.45) is 3.52. The summed E-state index contributed by atoms with van der Waals surface area (Å²) in [6, 6.07) is 0.225. The Hall–Kier alpha value is -0.740. The first-order valence-corrected chi connectivity index (χ1v) is 4.13. The largest absolute Gasteiger partial charge is 0.384 e. The maximum atomic E-state index is 5.63. The van der Waals surface area contributed by atoms with Crippen molar-refractivity contribution >= 4 is 18.2 Å². The van der Waals surface area contributed by atoms with Gasteiger partial charge in [-0.2, -0.15) is 0 Å². The zero-order valence-electron chi connectivity index (χ0n) is 8.03. The second kappa shape index (κ2) is 5.09. The van der Waals surface area contributed by atoms with E-state index in [0.29, 0.717) is 5.82 Å². The molecule has 0 bridgehead atoms. The molecule has 0 fully saturated rings. The lowest BCUT2D eigenvalue weighted by Crippen LogP contribution is -2.16. The van der Waals surface area contributed by atoms with Crippen molar-refractivity contribution in [3.05, 3.63) is 12.0 Å². The molecule has 1 heterocycles. The fourth-order valence-electron chi connectivity index (χ4n) is 1.05. The van der Waals surface area contributed by atoms with Crippen molar-refractivity contribution < 1.29 is 0 Å². The lowest BCUT2D eigenvalue weighted by atomic mass is 10.2. The van der Waals surface area contributed by atoms with Crippen LogP contribution in [0.15, 0.2) is 6.20 Å². The van der Waals surface area contributed by atoms with Crippen LogP contribution in [-0.2, 0) is 13.5 Å². The monoisotopic (exact) mass is 204 g/mol. The first-order chi connectivity index (χ1) is 5.61. The second-order valence-electron chi connectivity index (χ2n) is 3.17. The van der Waals surface area contributed by atoms with Gasteiger partial charge in [0.2, 0.25) is 0 Å². The van der Waals surface area contributed by atoms with E-state index < -0.39 is 0 Å². The van der Waals surface area contributed by atoms with Gasteiger partial charge in [-0.3, -0.25) is 0 Å². The number of rotatable bonds is 3. The summed E-state index contributed by atoms with van der Waals surface area (Å²) in [6.45, 7) is 1.99. The van der Waals surface area contributed by atoms with Crippen molar-refractivity contribution in [3.8, 4) is 0 Å². The van der Waals surface area contributed by atoms with Gasteiger partial charge in [0.1, 0.15) is 11.6 Å². The summed E-state index contributed by atoms with van der Waals surface area (Å²) >= 11 is 0. The van der Waals surface area contributed by atoms with Crippen molar-refractivity contribution in [2.24, 2.45) is 12.8 Å². The maximum Gasteiger partial charge on any atom is 0.123 e. The predicted molar refractivity (Wildman–Crippen MR) is 56.8 cm³/mol.